The Kier molecular flexibility index (Phi) is 6.86. The van der Waals surface area contributed by atoms with E-state index in [0.717, 1.165) is 6.54 Å². The molecule has 0 radical (unpaired) electrons. The van der Waals surface area contributed by atoms with E-state index in [9.17, 15) is 5.11 Å². The molecule has 0 bridgehead atoms. The monoisotopic (exact) mass is 271 g/mol. The van der Waals surface area contributed by atoms with E-state index in [1.54, 1.807) is 11.3 Å². The van der Waals surface area contributed by atoms with Gasteiger partial charge in [-0.1, -0.05) is 0 Å². The van der Waals surface area contributed by atoms with Gasteiger partial charge in [-0.2, -0.15) is 11.3 Å². The van der Waals surface area contributed by atoms with Gasteiger partial charge in [-0.3, -0.25) is 4.90 Å². The summed E-state index contributed by atoms with van der Waals surface area (Å²) in [5, 5.41) is 14.2. The van der Waals surface area contributed by atoms with Crippen molar-refractivity contribution in [1.82, 2.24) is 4.90 Å². The third-order valence-electron chi connectivity index (χ3n) is 2.76. The molecule has 1 atom stereocenters. The maximum atomic E-state index is 9.98. The summed E-state index contributed by atoms with van der Waals surface area (Å²) >= 11 is 1.71. The van der Waals surface area contributed by atoms with Crippen LogP contribution in [0, 0.1) is 0 Å². The highest BCUT2D eigenvalue weighted by Gasteiger charge is 2.15. The molecule has 0 aliphatic heterocycles. The standard InChI is InChI=1S/C14H25NO2S/c1-11(2)15(7-13-5-6-18-10-13)8-14(16)9-17-12(3)4/h5-6,10-12,14,16H,7-9H2,1-4H3/t14-/m1/s1. The molecule has 1 heterocycles. The number of thiophene rings is 1. The molecule has 0 unspecified atom stereocenters. The number of aliphatic hydroxyl groups excluding tert-OH is 1. The highest BCUT2D eigenvalue weighted by Crippen LogP contribution is 2.12. The molecule has 4 heteroatoms. The second kappa shape index (κ2) is 7.89. The van der Waals surface area contributed by atoms with Crippen LogP contribution in [-0.4, -0.2) is 41.4 Å². The fraction of sp³-hybridized carbons (Fsp3) is 0.714. The molecule has 1 N–H and O–H groups in total. The molecule has 104 valence electrons. The molecular formula is C14H25NO2S. The number of rotatable bonds is 8. The smallest absolute Gasteiger partial charge is 0.0900 e. The summed E-state index contributed by atoms with van der Waals surface area (Å²) in [6, 6.07) is 2.55. The van der Waals surface area contributed by atoms with Gasteiger partial charge >= 0.3 is 0 Å². The number of nitrogens with zero attached hydrogens (tertiary/aromatic N) is 1. The largest absolute Gasteiger partial charge is 0.389 e. The lowest BCUT2D eigenvalue weighted by Crippen LogP contribution is -2.39. The molecule has 1 aromatic heterocycles. The van der Waals surface area contributed by atoms with Gasteiger partial charge in [-0.05, 0) is 50.1 Å². The summed E-state index contributed by atoms with van der Waals surface area (Å²) in [4.78, 5) is 2.27. The first-order valence-corrected chi connectivity index (χ1v) is 7.48. The van der Waals surface area contributed by atoms with Crippen LogP contribution >= 0.6 is 11.3 Å². The minimum absolute atomic E-state index is 0.170. The molecule has 0 saturated carbocycles. The molecule has 18 heavy (non-hydrogen) atoms. The van der Waals surface area contributed by atoms with E-state index in [1.165, 1.54) is 5.56 Å². The van der Waals surface area contributed by atoms with Crippen LogP contribution in [0.3, 0.4) is 0 Å². The Morgan fingerprint density at radius 3 is 2.56 bits per heavy atom. The summed E-state index contributed by atoms with van der Waals surface area (Å²) < 4.78 is 5.44. The van der Waals surface area contributed by atoms with E-state index in [1.807, 2.05) is 13.8 Å². The Bertz CT molecular complexity index is 312. The number of hydrogen-bond acceptors (Lipinski definition) is 4. The van der Waals surface area contributed by atoms with Gasteiger partial charge < -0.3 is 9.84 Å². The highest BCUT2D eigenvalue weighted by molar-refractivity contribution is 7.07. The van der Waals surface area contributed by atoms with Crippen molar-refractivity contribution in [2.75, 3.05) is 13.2 Å². The van der Waals surface area contributed by atoms with E-state index in [-0.39, 0.29) is 6.10 Å². The summed E-state index contributed by atoms with van der Waals surface area (Å²) in [6.45, 7) is 10.2. The Hall–Kier alpha value is -0.420. The van der Waals surface area contributed by atoms with Crippen molar-refractivity contribution < 1.29 is 9.84 Å². The number of aliphatic hydroxyl groups is 1. The quantitative estimate of drug-likeness (QED) is 0.789. The first-order chi connectivity index (χ1) is 8.49. The van der Waals surface area contributed by atoms with Gasteiger partial charge in [0.05, 0.1) is 18.8 Å². The molecule has 0 saturated heterocycles. The van der Waals surface area contributed by atoms with Crippen LogP contribution in [0.1, 0.15) is 33.3 Å². The Morgan fingerprint density at radius 1 is 1.33 bits per heavy atom. The van der Waals surface area contributed by atoms with E-state index >= 15 is 0 Å². The van der Waals surface area contributed by atoms with Crippen molar-refractivity contribution in [3.8, 4) is 0 Å². The van der Waals surface area contributed by atoms with Gasteiger partial charge in [0.1, 0.15) is 0 Å². The minimum Gasteiger partial charge on any atom is -0.389 e. The van der Waals surface area contributed by atoms with Crippen LogP contribution in [0.25, 0.3) is 0 Å². The van der Waals surface area contributed by atoms with E-state index in [4.69, 9.17) is 4.74 Å². The normalized spacial score (nSPS) is 13.8. The van der Waals surface area contributed by atoms with Gasteiger partial charge in [-0.25, -0.2) is 0 Å². The van der Waals surface area contributed by atoms with Crippen LogP contribution in [0.15, 0.2) is 16.8 Å². The lowest BCUT2D eigenvalue weighted by atomic mass is 10.2. The third-order valence-corrected chi connectivity index (χ3v) is 3.50. The van der Waals surface area contributed by atoms with Gasteiger partial charge in [0.2, 0.25) is 0 Å². The van der Waals surface area contributed by atoms with Crippen LogP contribution in [0.4, 0.5) is 0 Å². The fourth-order valence-corrected chi connectivity index (χ4v) is 2.36. The Morgan fingerprint density at radius 2 is 2.06 bits per heavy atom. The average Bonchev–Trinajstić information content (AvgIpc) is 2.78. The van der Waals surface area contributed by atoms with Crippen molar-refractivity contribution in [3.05, 3.63) is 22.4 Å². The van der Waals surface area contributed by atoms with Crippen LogP contribution < -0.4 is 0 Å². The minimum atomic E-state index is -0.423. The Labute approximate surface area is 114 Å². The predicted molar refractivity (Wildman–Crippen MR) is 77.0 cm³/mol. The molecule has 3 nitrogen and oxygen atoms in total. The summed E-state index contributed by atoms with van der Waals surface area (Å²) in [5.74, 6) is 0. The SMILES string of the molecule is CC(C)OC[C@H](O)CN(Cc1ccsc1)C(C)C. The molecule has 0 aliphatic carbocycles. The zero-order valence-electron chi connectivity index (χ0n) is 11.8. The van der Waals surface area contributed by atoms with Crippen molar-refractivity contribution in [2.24, 2.45) is 0 Å². The fourth-order valence-electron chi connectivity index (χ4n) is 1.70. The topological polar surface area (TPSA) is 32.7 Å². The number of hydrogen-bond donors (Lipinski definition) is 1. The molecule has 0 aliphatic rings. The van der Waals surface area contributed by atoms with Crippen LogP contribution in [-0.2, 0) is 11.3 Å². The lowest BCUT2D eigenvalue weighted by Gasteiger charge is -2.28. The first kappa shape index (κ1) is 15.6. The molecule has 1 aromatic rings. The van der Waals surface area contributed by atoms with Crippen molar-refractivity contribution in [2.45, 2.75) is 52.5 Å². The van der Waals surface area contributed by atoms with Gasteiger partial charge in [0.15, 0.2) is 0 Å². The van der Waals surface area contributed by atoms with E-state index in [0.29, 0.717) is 19.2 Å². The second-order valence-electron chi connectivity index (χ2n) is 5.19. The molecule has 0 aromatic carbocycles. The molecule has 0 spiro atoms. The summed E-state index contributed by atoms with van der Waals surface area (Å²) in [6.07, 6.45) is -0.252. The van der Waals surface area contributed by atoms with Crippen LogP contribution in [0.2, 0.25) is 0 Å². The average molecular weight is 271 g/mol. The molecule has 1 rings (SSSR count). The Balaban J connectivity index is 2.42. The second-order valence-corrected chi connectivity index (χ2v) is 5.97. The maximum absolute atomic E-state index is 9.98. The maximum Gasteiger partial charge on any atom is 0.0900 e. The first-order valence-electron chi connectivity index (χ1n) is 6.53. The number of ether oxygens (including phenoxy) is 1. The van der Waals surface area contributed by atoms with Crippen molar-refractivity contribution in [1.29, 1.82) is 0 Å². The summed E-state index contributed by atoms with van der Waals surface area (Å²) in [7, 11) is 0. The van der Waals surface area contributed by atoms with E-state index in [2.05, 4.69) is 35.6 Å². The highest BCUT2D eigenvalue weighted by atomic mass is 32.1. The van der Waals surface area contributed by atoms with Crippen LogP contribution in [0.5, 0.6) is 0 Å². The zero-order valence-corrected chi connectivity index (χ0v) is 12.6. The summed E-state index contributed by atoms with van der Waals surface area (Å²) in [5.41, 5.74) is 1.31. The third kappa shape index (κ3) is 5.96. The lowest BCUT2D eigenvalue weighted by molar-refractivity contribution is -0.0136. The van der Waals surface area contributed by atoms with Crippen molar-refractivity contribution in [3.63, 3.8) is 0 Å². The van der Waals surface area contributed by atoms with E-state index < -0.39 is 6.10 Å². The van der Waals surface area contributed by atoms with Gasteiger partial charge in [-0.15, -0.1) is 0 Å². The van der Waals surface area contributed by atoms with Crippen molar-refractivity contribution >= 4 is 11.3 Å². The van der Waals surface area contributed by atoms with Gasteiger partial charge in [0, 0.05) is 19.1 Å². The predicted octanol–water partition coefficient (Wildman–Crippen LogP) is 2.74. The molecule has 0 amide bonds. The molecule has 0 fully saturated rings. The zero-order chi connectivity index (χ0) is 13.5. The molecular weight excluding hydrogens is 246 g/mol. The van der Waals surface area contributed by atoms with Gasteiger partial charge in [0.25, 0.3) is 0 Å².